The third kappa shape index (κ3) is 2.57. The average molecular weight is 258 g/mol. The first kappa shape index (κ1) is 12.5. The summed E-state index contributed by atoms with van der Waals surface area (Å²) in [7, 11) is 0. The van der Waals surface area contributed by atoms with Gasteiger partial charge in [-0.1, -0.05) is 32.1 Å². The highest BCUT2D eigenvalue weighted by Gasteiger charge is 2.15. The van der Waals surface area contributed by atoms with E-state index in [1.54, 1.807) is 0 Å². The van der Waals surface area contributed by atoms with Crippen LogP contribution in [0.4, 0.5) is 5.69 Å². The number of hydrogen-bond donors (Lipinski definition) is 1. The molecule has 0 amide bonds. The van der Waals surface area contributed by atoms with Crippen LogP contribution >= 0.6 is 0 Å². The van der Waals surface area contributed by atoms with Gasteiger partial charge in [0, 0.05) is 12.6 Å². The molecular formula is C15H22N4. The largest absolute Gasteiger partial charge is 0.396 e. The topological polar surface area (TPSA) is 56.2 Å². The molecule has 3 rings (SSSR count). The molecule has 0 spiro atoms. The first-order chi connectivity index (χ1) is 9.24. The van der Waals surface area contributed by atoms with Crippen molar-refractivity contribution in [3.8, 4) is 0 Å². The second-order valence-corrected chi connectivity index (χ2v) is 5.83. The summed E-state index contributed by atoms with van der Waals surface area (Å²) < 4.78 is 2.06. The van der Waals surface area contributed by atoms with E-state index in [2.05, 4.69) is 27.7 Å². The fourth-order valence-electron chi connectivity index (χ4n) is 3.19. The lowest BCUT2D eigenvalue weighted by Crippen LogP contribution is -2.08. The Hall–Kier alpha value is -1.58. The van der Waals surface area contributed by atoms with E-state index in [1.807, 2.05) is 6.07 Å². The number of nitrogens with zero attached hydrogens (tertiary/aromatic N) is 3. The lowest BCUT2D eigenvalue weighted by Gasteiger charge is -2.20. The molecule has 2 heterocycles. The van der Waals surface area contributed by atoms with E-state index >= 15 is 0 Å². The van der Waals surface area contributed by atoms with E-state index < -0.39 is 0 Å². The SMILES string of the molecule is Cc1cc(N)c2nnc(CCC3CCCCC3)n2c1. The number of nitrogens with two attached hydrogens (primary N) is 1. The molecule has 0 atom stereocenters. The van der Waals surface area contributed by atoms with Gasteiger partial charge in [0.15, 0.2) is 5.65 Å². The number of fused-ring (bicyclic) bond motifs is 1. The summed E-state index contributed by atoms with van der Waals surface area (Å²) >= 11 is 0. The highest BCUT2D eigenvalue weighted by Crippen LogP contribution is 2.27. The highest BCUT2D eigenvalue weighted by atomic mass is 15.2. The smallest absolute Gasteiger partial charge is 0.184 e. The Kier molecular flexibility index (Phi) is 3.40. The Morgan fingerprint density at radius 2 is 2.05 bits per heavy atom. The van der Waals surface area contributed by atoms with E-state index in [9.17, 15) is 0 Å². The first-order valence-electron chi connectivity index (χ1n) is 7.34. The second-order valence-electron chi connectivity index (χ2n) is 5.83. The molecule has 1 saturated carbocycles. The van der Waals surface area contributed by atoms with Gasteiger partial charge in [-0.3, -0.25) is 4.40 Å². The molecule has 0 aliphatic heterocycles. The maximum Gasteiger partial charge on any atom is 0.184 e. The van der Waals surface area contributed by atoms with Crippen LogP contribution in [-0.4, -0.2) is 14.6 Å². The highest BCUT2D eigenvalue weighted by molar-refractivity contribution is 5.64. The van der Waals surface area contributed by atoms with Crippen LogP contribution < -0.4 is 5.73 Å². The Balaban J connectivity index is 1.77. The molecule has 2 N–H and O–H groups in total. The first-order valence-corrected chi connectivity index (χ1v) is 7.34. The predicted octanol–water partition coefficient (Wildman–Crippen LogP) is 3.13. The fourth-order valence-corrected chi connectivity index (χ4v) is 3.19. The van der Waals surface area contributed by atoms with Crippen molar-refractivity contribution in [2.75, 3.05) is 5.73 Å². The number of aromatic nitrogens is 3. The van der Waals surface area contributed by atoms with Gasteiger partial charge in [0.05, 0.1) is 5.69 Å². The van der Waals surface area contributed by atoms with Crippen molar-refractivity contribution in [2.24, 2.45) is 5.92 Å². The van der Waals surface area contributed by atoms with Crippen molar-refractivity contribution in [1.82, 2.24) is 14.6 Å². The zero-order chi connectivity index (χ0) is 13.2. The van der Waals surface area contributed by atoms with E-state index in [0.29, 0.717) is 0 Å². The van der Waals surface area contributed by atoms with Gasteiger partial charge in [0.25, 0.3) is 0 Å². The molecule has 2 aromatic rings. The number of aryl methyl sites for hydroxylation is 2. The van der Waals surface area contributed by atoms with Crippen molar-refractivity contribution in [1.29, 1.82) is 0 Å². The van der Waals surface area contributed by atoms with Gasteiger partial charge >= 0.3 is 0 Å². The van der Waals surface area contributed by atoms with Crippen LogP contribution in [0.3, 0.4) is 0 Å². The van der Waals surface area contributed by atoms with E-state index in [-0.39, 0.29) is 0 Å². The normalized spacial score (nSPS) is 17.1. The quantitative estimate of drug-likeness (QED) is 0.920. The summed E-state index contributed by atoms with van der Waals surface area (Å²) in [5.74, 6) is 1.93. The summed E-state index contributed by atoms with van der Waals surface area (Å²) in [6.07, 6.45) is 11.3. The van der Waals surface area contributed by atoms with Crippen LogP contribution in [0.1, 0.15) is 49.9 Å². The Morgan fingerprint density at radius 3 is 2.84 bits per heavy atom. The Bertz CT molecular complexity index is 567. The minimum atomic E-state index is 0.719. The van der Waals surface area contributed by atoms with Crippen LogP contribution in [-0.2, 0) is 6.42 Å². The second kappa shape index (κ2) is 5.19. The van der Waals surface area contributed by atoms with Crippen LogP contribution in [0.5, 0.6) is 0 Å². The van der Waals surface area contributed by atoms with Gasteiger partial charge in [0.1, 0.15) is 5.82 Å². The van der Waals surface area contributed by atoms with Crippen LogP contribution in [0, 0.1) is 12.8 Å². The summed E-state index contributed by atoms with van der Waals surface area (Å²) in [6, 6.07) is 1.95. The zero-order valence-electron chi connectivity index (χ0n) is 11.6. The van der Waals surface area contributed by atoms with Crippen molar-refractivity contribution >= 4 is 11.3 Å². The van der Waals surface area contributed by atoms with E-state index in [0.717, 1.165) is 35.1 Å². The minimum Gasteiger partial charge on any atom is -0.396 e. The van der Waals surface area contributed by atoms with Gasteiger partial charge in [-0.05, 0) is 30.9 Å². The monoisotopic (exact) mass is 258 g/mol. The van der Waals surface area contributed by atoms with Crippen molar-refractivity contribution < 1.29 is 0 Å². The molecule has 1 aliphatic carbocycles. The number of nitrogen functional groups attached to an aromatic ring is 1. The predicted molar refractivity (Wildman–Crippen MR) is 77.0 cm³/mol. The molecule has 0 bridgehead atoms. The number of hydrogen-bond acceptors (Lipinski definition) is 3. The lowest BCUT2D eigenvalue weighted by atomic mass is 9.86. The van der Waals surface area contributed by atoms with Gasteiger partial charge in [-0.2, -0.15) is 0 Å². The van der Waals surface area contributed by atoms with Gasteiger partial charge in [-0.15, -0.1) is 10.2 Å². The standard InChI is InChI=1S/C15H22N4/c1-11-9-13(16)15-18-17-14(19(15)10-11)8-7-12-5-3-2-4-6-12/h9-10,12H,2-8,16H2,1H3. The van der Waals surface area contributed by atoms with Crippen molar-refractivity contribution in [3.63, 3.8) is 0 Å². The molecule has 0 aromatic carbocycles. The van der Waals surface area contributed by atoms with Crippen molar-refractivity contribution in [3.05, 3.63) is 23.7 Å². The van der Waals surface area contributed by atoms with E-state index in [4.69, 9.17) is 5.73 Å². The summed E-state index contributed by atoms with van der Waals surface area (Å²) in [5.41, 5.74) is 8.66. The molecule has 1 fully saturated rings. The molecule has 102 valence electrons. The van der Waals surface area contributed by atoms with Crippen molar-refractivity contribution in [2.45, 2.75) is 51.9 Å². The molecule has 0 radical (unpaired) electrons. The van der Waals surface area contributed by atoms with Gasteiger partial charge < -0.3 is 5.73 Å². The molecule has 0 unspecified atom stereocenters. The molecular weight excluding hydrogens is 236 g/mol. The maximum atomic E-state index is 5.99. The summed E-state index contributed by atoms with van der Waals surface area (Å²) in [4.78, 5) is 0. The molecule has 1 aliphatic rings. The van der Waals surface area contributed by atoms with Gasteiger partial charge in [0.2, 0.25) is 0 Å². The van der Waals surface area contributed by atoms with Crippen LogP contribution in [0.2, 0.25) is 0 Å². The fraction of sp³-hybridized carbons (Fsp3) is 0.600. The minimum absolute atomic E-state index is 0.719. The zero-order valence-corrected chi connectivity index (χ0v) is 11.6. The summed E-state index contributed by atoms with van der Waals surface area (Å²) in [5, 5.41) is 8.53. The summed E-state index contributed by atoms with van der Waals surface area (Å²) in [6.45, 7) is 2.06. The third-order valence-electron chi connectivity index (χ3n) is 4.24. The Labute approximate surface area is 114 Å². The van der Waals surface area contributed by atoms with Crippen LogP contribution in [0.15, 0.2) is 12.3 Å². The molecule has 2 aromatic heterocycles. The molecule has 0 saturated heterocycles. The van der Waals surface area contributed by atoms with Gasteiger partial charge in [-0.25, -0.2) is 0 Å². The maximum absolute atomic E-state index is 5.99. The Morgan fingerprint density at radius 1 is 1.26 bits per heavy atom. The average Bonchev–Trinajstić information content (AvgIpc) is 2.81. The number of pyridine rings is 1. The third-order valence-corrected chi connectivity index (χ3v) is 4.24. The molecule has 4 heteroatoms. The van der Waals surface area contributed by atoms with E-state index in [1.165, 1.54) is 38.5 Å². The van der Waals surface area contributed by atoms with Crippen LogP contribution in [0.25, 0.3) is 5.65 Å². The number of rotatable bonds is 3. The lowest BCUT2D eigenvalue weighted by molar-refractivity contribution is 0.337. The molecule has 19 heavy (non-hydrogen) atoms. The molecule has 4 nitrogen and oxygen atoms in total. The number of anilines is 1.